The number of hydrogen-bond acceptors (Lipinski definition) is 0. The Balaban J connectivity index is 0.000000147. The topological polar surface area (TPSA) is 19.4 Å². The van der Waals surface area contributed by atoms with Gasteiger partial charge in [0.15, 0.2) is 28.9 Å². The number of aromatic nitrogens is 5. The van der Waals surface area contributed by atoms with Crippen LogP contribution in [-0.4, -0.2) is 8.07 Å². The van der Waals surface area contributed by atoms with Gasteiger partial charge in [-0.15, -0.1) is 0 Å². The van der Waals surface area contributed by atoms with Gasteiger partial charge in [-0.2, -0.15) is 18.3 Å². The first-order valence-electron chi connectivity index (χ1n) is 51.5. The lowest BCUT2D eigenvalue weighted by Gasteiger charge is -2.25. The van der Waals surface area contributed by atoms with Crippen LogP contribution in [0.15, 0.2) is 152 Å². The maximum atomic E-state index is 15.6. The SMILES string of the molecule is [2H]c1c(C)[n+](C)c(-c2cc(C)cc(C)c2C)c2cc(F)c(C3CCCC3)c(C)c12.[2H]c1c(C)[n+](C)c(-c2cc(C)cc(C)c2C)c2cc(F)c(C3CCCCC3)c(C)c12.[2H]c1c(C)[n+](C)c(-c2cc(C)cc(C)c2C)c2cc(F)c([Si](C)(C)C)c(C)c12.[2H]c1c(C)[n+](C)c(-c2cc(C)cc(C)c2C)c2ccc(C([2H])(C)C)cc12.[2H]c1c([2H])[n+](C)c(-c2cc(C)cc(C)c2C)c2ccc(C([2H])(C)C)cc12. The van der Waals surface area contributed by atoms with Crippen molar-refractivity contribution in [3.8, 4) is 56.3 Å². The van der Waals surface area contributed by atoms with Gasteiger partial charge in [-0.25, -0.2) is 17.7 Å². The molecule has 5 heterocycles. The molecule has 0 amide bonds. The summed E-state index contributed by atoms with van der Waals surface area (Å²) in [4.78, 5) is 0. The van der Waals surface area contributed by atoms with Crippen LogP contribution in [-0.2, 0) is 35.2 Å². The standard InChI is InChI=1S/C27H33FN.C26H31FN.C24H31FNSi.C23H28N.C22H26N/c1-16-12-17(2)19(4)23(13-16)27-24-15-25(28)26(21-10-8-7-9-11-21)20(5)22(24)14-18(3)29(27)6;1-15-11-16(2)18(4)22(12-15)26-23-14-24(27)25(20-9-7-8-10-20)19(5)21(23)13-17(3)28(26)6;1-14-10-15(2)17(4)20(11-14)23-21-13-22(25)24(27(7,8)9)18(5)19(21)12-16(3)26(23)6;1-14(2)19-8-9-21-20(13-19)12-17(5)24(7)23(21)22-11-15(3)10-16(4)18(22)6;1-14(2)18-7-8-20-19(13-18)9-10-23(6)22(20)21-12-15(3)11-16(4)17(21)5/h12-15,21H,7-11H2,1-6H3;11-14,20H,7-10H2,1-6H3;10-13H,1-9H3;8-14H,1-7H3;7-14H,1-6H3/q5*+1/i14D;13D;12D;12D,14D;9D,10D,14D. The highest BCUT2D eigenvalue weighted by atomic mass is 28.3. The normalized spacial score (nSPS) is 14.2. The maximum Gasteiger partial charge on any atom is 0.220 e. The minimum atomic E-state index is -1.88. The van der Waals surface area contributed by atoms with E-state index in [2.05, 4.69) is 208 Å². The van der Waals surface area contributed by atoms with Crippen LogP contribution in [0.5, 0.6) is 0 Å². The Morgan fingerprint density at radius 3 is 0.924 bits per heavy atom. The van der Waals surface area contributed by atoms with Crippen molar-refractivity contribution in [1.29, 1.82) is 0 Å². The fourth-order valence-electron chi connectivity index (χ4n) is 21.2. The number of hydrogen-bond donors (Lipinski definition) is 0. The predicted molar refractivity (Wildman–Crippen MR) is 555 cm³/mol. The molecule has 2 aliphatic carbocycles. The van der Waals surface area contributed by atoms with Crippen LogP contribution in [0.3, 0.4) is 0 Å². The largest absolute Gasteiger partial charge is 0.220 e. The summed E-state index contributed by atoms with van der Waals surface area (Å²) < 4.78 is 125. The van der Waals surface area contributed by atoms with E-state index in [1.807, 2.05) is 142 Å². The second-order valence-corrected chi connectivity index (χ2v) is 45.4. The van der Waals surface area contributed by atoms with Crippen LogP contribution in [0.1, 0.15) is 265 Å². The third-order valence-electron chi connectivity index (χ3n) is 29.3. The van der Waals surface area contributed by atoms with Crippen LogP contribution in [0.4, 0.5) is 13.2 Å². The summed E-state index contributed by atoms with van der Waals surface area (Å²) in [6.45, 7) is 59.8. The Bertz CT molecular complexity index is 7370. The van der Waals surface area contributed by atoms with E-state index in [0.717, 1.165) is 197 Å². The van der Waals surface area contributed by atoms with Gasteiger partial charge in [-0.3, -0.25) is 0 Å². The van der Waals surface area contributed by atoms with Gasteiger partial charge in [-0.1, -0.05) is 162 Å². The van der Waals surface area contributed by atoms with Crippen molar-refractivity contribution in [3.63, 3.8) is 0 Å². The summed E-state index contributed by atoms with van der Waals surface area (Å²) in [7, 11) is 8.00. The number of pyridine rings is 5. The number of rotatable bonds is 10. The summed E-state index contributed by atoms with van der Waals surface area (Å²) in [5, 5.41) is 9.79. The average Bonchev–Trinajstić information content (AvgIpc) is 1.35. The Hall–Kier alpha value is -10.7. The number of nitrogens with zero attached hydrogens (tertiary/aromatic N) is 5. The van der Waals surface area contributed by atoms with Crippen molar-refractivity contribution in [2.24, 2.45) is 35.2 Å². The average molecular weight is 1780 g/mol. The van der Waals surface area contributed by atoms with Crippen molar-refractivity contribution < 1.29 is 47.0 Å². The van der Waals surface area contributed by atoms with Crippen LogP contribution in [0, 0.1) is 170 Å². The van der Waals surface area contributed by atoms with Gasteiger partial charge in [0.05, 0.1) is 69.7 Å². The molecule has 0 spiro atoms. The lowest BCUT2D eigenvalue weighted by Crippen LogP contribution is -2.42. The smallest absolute Gasteiger partial charge is 0.207 e. The molecule has 10 aromatic carbocycles. The number of benzene rings is 10. The highest BCUT2D eigenvalue weighted by Crippen LogP contribution is 2.46. The van der Waals surface area contributed by atoms with Gasteiger partial charge in [0.1, 0.15) is 54.1 Å². The molecule has 0 N–H and O–H groups in total. The van der Waals surface area contributed by atoms with Gasteiger partial charge >= 0.3 is 0 Å². The molecule has 9 heteroatoms. The van der Waals surface area contributed by atoms with Crippen molar-refractivity contribution in [3.05, 3.63) is 314 Å². The number of fused-ring (bicyclic) bond motifs is 5. The molecule has 0 aliphatic heterocycles. The van der Waals surface area contributed by atoms with E-state index >= 15 is 13.2 Å². The molecule has 5 nitrogen and oxygen atoms in total. The highest BCUT2D eigenvalue weighted by Gasteiger charge is 2.34. The van der Waals surface area contributed by atoms with Crippen molar-refractivity contribution >= 4 is 67.1 Å². The molecule has 0 atom stereocenters. The predicted octanol–water partition coefficient (Wildman–Crippen LogP) is 30.4. The highest BCUT2D eigenvalue weighted by molar-refractivity contribution is 6.89. The van der Waals surface area contributed by atoms with Gasteiger partial charge < -0.3 is 0 Å². The lowest BCUT2D eigenvalue weighted by molar-refractivity contribution is -0.665. The zero-order chi connectivity index (χ0) is 103. The molecule has 2 fully saturated rings. The Morgan fingerprint density at radius 1 is 0.313 bits per heavy atom. The molecule has 0 unspecified atom stereocenters. The van der Waals surface area contributed by atoms with Crippen molar-refractivity contribution in [1.82, 2.24) is 0 Å². The summed E-state index contributed by atoms with van der Waals surface area (Å²) in [5.41, 5.74) is 39.2. The lowest BCUT2D eigenvalue weighted by atomic mass is 9.80. The van der Waals surface area contributed by atoms with Crippen LogP contribution in [0.25, 0.3) is 110 Å². The van der Waals surface area contributed by atoms with Crippen LogP contribution in [0.2, 0.25) is 19.6 Å². The van der Waals surface area contributed by atoms with Gasteiger partial charge in [0.25, 0.3) is 0 Å². The third kappa shape index (κ3) is 19.6. The minimum Gasteiger partial charge on any atom is -0.207 e. The fraction of sp³-hybridized carbons (Fsp3) is 0.385. The quantitative estimate of drug-likeness (QED) is 0.0960. The Labute approximate surface area is 796 Å². The van der Waals surface area contributed by atoms with E-state index in [0.29, 0.717) is 30.1 Å². The second kappa shape index (κ2) is 39.2. The monoisotopic (exact) mass is 1780 g/mol. The number of halogens is 3. The molecular weight excluding hydrogens is 1620 g/mol. The van der Waals surface area contributed by atoms with Gasteiger partial charge in [0.2, 0.25) is 28.5 Å². The fourth-order valence-corrected chi connectivity index (χ4v) is 23.2. The Morgan fingerprint density at radius 2 is 0.595 bits per heavy atom. The minimum absolute atomic E-state index is 0.0987. The van der Waals surface area contributed by atoms with Crippen LogP contribution >= 0.6 is 0 Å². The molecule has 5 aromatic heterocycles. The van der Waals surface area contributed by atoms with Gasteiger partial charge in [-0.05, 0) is 361 Å². The summed E-state index contributed by atoms with van der Waals surface area (Å²) in [5.74, 6) is -1.18. The first kappa shape index (κ1) is 86.9. The van der Waals surface area contributed by atoms with E-state index in [9.17, 15) is 0 Å². The summed E-state index contributed by atoms with van der Waals surface area (Å²) >= 11 is 0. The van der Waals surface area contributed by atoms with E-state index in [1.165, 1.54) is 121 Å². The summed E-state index contributed by atoms with van der Waals surface area (Å²) in [6.07, 6.45) is 10.3. The third-order valence-corrected chi connectivity index (χ3v) is 31.4. The van der Waals surface area contributed by atoms with E-state index in [4.69, 9.17) is 11.0 Å². The van der Waals surface area contributed by atoms with Crippen LogP contribution < -0.4 is 28.0 Å². The zero-order valence-electron chi connectivity index (χ0n) is 93.4. The van der Waals surface area contributed by atoms with Crippen molar-refractivity contribution in [2.75, 3.05) is 0 Å². The number of aryl methyl sites for hydroxylation is 13. The molecule has 17 rings (SSSR count). The van der Waals surface area contributed by atoms with Gasteiger partial charge in [0, 0.05) is 60.6 Å². The molecule has 0 radical (unpaired) electrons. The molecule has 131 heavy (non-hydrogen) atoms. The molecular formula is C122H149F3N5Si+5. The van der Waals surface area contributed by atoms with E-state index in [-0.39, 0.29) is 35.6 Å². The van der Waals surface area contributed by atoms with Crippen molar-refractivity contribution in [2.45, 2.75) is 281 Å². The first-order valence-corrected chi connectivity index (χ1v) is 51.0. The molecule has 15 aromatic rings. The summed E-state index contributed by atoms with van der Waals surface area (Å²) in [6, 6.07) is 41.3. The molecule has 0 saturated heterocycles. The van der Waals surface area contributed by atoms with E-state index in [1.54, 1.807) is 22.8 Å². The molecule has 0 bridgehead atoms. The zero-order valence-corrected chi connectivity index (χ0v) is 86.4. The molecule has 2 aliphatic rings. The second-order valence-electron chi connectivity index (χ2n) is 40.4. The molecule has 2 saturated carbocycles. The first-order chi connectivity index (χ1) is 64.8. The van der Waals surface area contributed by atoms with E-state index < -0.39 is 19.9 Å². The molecule has 682 valence electrons. The maximum absolute atomic E-state index is 15.6. The Kier molecular flexibility index (Phi) is 26.0.